The summed E-state index contributed by atoms with van der Waals surface area (Å²) in [6.07, 6.45) is 0.878. The van der Waals surface area contributed by atoms with Crippen LogP contribution in [0.2, 0.25) is 0 Å². The Morgan fingerprint density at radius 1 is 0.839 bits per heavy atom. The Morgan fingerprint density at radius 3 is 2.06 bits per heavy atom. The van der Waals surface area contributed by atoms with Gasteiger partial charge in [-0.1, -0.05) is 6.92 Å². The van der Waals surface area contributed by atoms with E-state index < -0.39 is 11.8 Å². The standard InChI is InChI=1S/C22H31N3O6/c1-3-13-31-18-6-5-17(16-19(18)30-4-2)20(26)23-7-9-24(10-8-23)21(27)22(28)25-11-14-29-15-12-25/h5-6,16H,3-4,7-15H2,1-2H3. The number of rotatable bonds is 6. The van der Waals surface area contributed by atoms with Crippen LogP contribution in [0.4, 0.5) is 0 Å². The van der Waals surface area contributed by atoms with Crippen LogP contribution in [0.15, 0.2) is 18.2 Å². The lowest BCUT2D eigenvalue weighted by molar-refractivity contribution is -0.154. The molecule has 31 heavy (non-hydrogen) atoms. The number of nitrogens with zero attached hydrogens (tertiary/aromatic N) is 3. The minimum absolute atomic E-state index is 0.130. The fraction of sp³-hybridized carbons (Fsp3) is 0.591. The average Bonchev–Trinajstić information content (AvgIpc) is 2.82. The molecule has 3 amide bonds. The van der Waals surface area contributed by atoms with Crippen molar-refractivity contribution in [2.24, 2.45) is 0 Å². The van der Waals surface area contributed by atoms with Crippen molar-refractivity contribution in [1.29, 1.82) is 0 Å². The van der Waals surface area contributed by atoms with Crippen LogP contribution >= 0.6 is 0 Å². The number of hydrogen-bond acceptors (Lipinski definition) is 6. The highest BCUT2D eigenvalue weighted by atomic mass is 16.5. The molecule has 0 N–H and O–H groups in total. The molecular weight excluding hydrogens is 402 g/mol. The molecule has 170 valence electrons. The zero-order chi connectivity index (χ0) is 22.2. The summed E-state index contributed by atoms with van der Waals surface area (Å²) >= 11 is 0. The van der Waals surface area contributed by atoms with Crippen molar-refractivity contribution in [2.45, 2.75) is 20.3 Å². The molecule has 0 atom stereocenters. The molecule has 0 aromatic heterocycles. The Hall–Kier alpha value is -2.81. The summed E-state index contributed by atoms with van der Waals surface area (Å²) < 4.78 is 16.6. The summed E-state index contributed by atoms with van der Waals surface area (Å²) in [5.41, 5.74) is 0.511. The predicted octanol–water partition coefficient (Wildman–Crippen LogP) is 1.02. The van der Waals surface area contributed by atoms with E-state index in [-0.39, 0.29) is 5.91 Å². The Bertz CT molecular complexity index is 785. The molecule has 9 heteroatoms. The lowest BCUT2D eigenvalue weighted by Gasteiger charge is -2.36. The molecule has 2 saturated heterocycles. The van der Waals surface area contributed by atoms with Crippen molar-refractivity contribution in [3.63, 3.8) is 0 Å². The third-order valence-corrected chi connectivity index (χ3v) is 5.29. The number of carbonyl (C=O) groups excluding carboxylic acids is 3. The van der Waals surface area contributed by atoms with Crippen LogP contribution in [0.1, 0.15) is 30.6 Å². The Kier molecular flexibility index (Phi) is 8.11. The van der Waals surface area contributed by atoms with E-state index in [0.717, 1.165) is 6.42 Å². The highest BCUT2D eigenvalue weighted by Crippen LogP contribution is 2.29. The van der Waals surface area contributed by atoms with Crippen LogP contribution in [0.5, 0.6) is 11.5 Å². The first-order chi connectivity index (χ1) is 15.0. The SMILES string of the molecule is CCCOc1ccc(C(=O)N2CCN(C(=O)C(=O)N3CCOCC3)CC2)cc1OCC. The van der Waals surface area contributed by atoms with Gasteiger partial charge in [0.15, 0.2) is 11.5 Å². The van der Waals surface area contributed by atoms with Crippen LogP contribution in [0.25, 0.3) is 0 Å². The summed E-state index contributed by atoms with van der Waals surface area (Å²) in [4.78, 5) is 42.7. The second kappa shape index (κ2) is 11.0. The Labute approximate surface area is 182 Å². The second-order valence-corrected chi connectivity index (χ2v) is 7.43. The van der Waals surface area contributed by atoms with Crippen molar-refractivity contribution in [1.82, 2.24) is 14.7 Å². The molecular formula is C22H31N3O6. The number of amides is 3. The van der Waals surface area contributed by atoms with E-state index in [2.05, 4.69) is 0 Å². The molecule has 0 radical (unpaired) electrons. The fourth-order valence-electron chi connectivity index (χ4n) is 3.57. The van der Waals surface area contributed by atoms with Gasteiger partial charge in [0.1, 0.15) is 0 Å². The van der Waals surface area contributed by atoms with Crippen LogP contribution in [0, 0.1) is 0 Å². The Balaban J connectivity index is 1.58. The van der Waals surface area contributed by atoms with Gasteiger partial charge < -0.3 is 28.9 Å². The summed E-state index contributed by atoms with van der Waals surface area (Å²) in [6, 6.07) is 5.19. The molecule has 9 nitrogen and oxygen atoms in total. The van der Waals surface area contributed by atoms with E-state index >= 15 is 0 Å². The van der Waals surface area contributed by atoms with Gasteiger partial charge in [-0.05, 0) is 31.5 Å². The quantitative estimate of drug-likeness (QED) is 0.623. The smallest absolute Gasteiger partial charge is 0.312 e. The van der Waals surface area contributed by atoms with E-state index in [1.807, 2.05) is 13.8 Å². The molecule has 2 aliphatic rings. The van der Waals surface area contributed by atoms with Crippen LogP contribution < -0.4 is 9.47 Å². The normalized spacial score (nSPS) is 16.8. The summed E-state index contributed by atoms with van der Waals surface area (Å²) in [7, 11) is 0. The maximum Gasteiger partial charge on any atom is 0.312 e. The van der Waals surface area contributed by atoms with Crippen molar-refractivity contribution in [2.75, 3.05) is 65.7 Å². The number of ether oxygens (including phenoxy) is 3. The van der Waals surface area contributed by atoms with Crippen molar-refractivity contribution >= 4 is 17.7 Å². The molecule has 0 unspecified atom stereocenters. The number of hydrogen-bond donors (Lipinski definition) is 0. The van der Waals surface area contributed by atoms with Gasteiger partial charge in [-0.15, -0.1) is 0 Å². The van der Waals surface area contributed by atoms with E-state index in [9.17, 15) is 14.4 Å². The lowest BCUT2D eigenvalue weighted by Crippen LogP contribution is -2.55. The molecule has 1 aromatic carbocycles. The highest BCUT2D eigenvalue weighted by Gasteiger charge is 2.31. The first-order valence-electron chi connectivity index (χ1n) is 10.9. The van der Waals surface area contributed by atoms with Gasteiger partial charge in [0.25, 0.3) is 5.91 Å². The average molecular weight is 434 g/mol. The molecule has 2 heterocycles. The second-order valence-electron chi connectivity index (χ2n) is 7.43. The van der Waals surface area contributed by atoms with E-state index in [0.29, 0.717) is 82.8 Å². The van der Waals surface area contributed by atoms with Gasteiger partial charge in [-0.3, -0.25) is 14.4 Å². The third kappa shape index (κ3) is 5.66. The lowest BCUT2D eigenvalue weighted by atomic mass is 10.1. The summed E-state index contributed by atoms with van der Waals surface area (Å²) in [5, 5.41) is 0. The molecule has 2 fully saturated rings. The highest BCUT2D eigenvalue weighted by molar-refractivity contribution is 6.34. The third-order valence-electron chi connectivity index (χ3n) is 5.29. The van der Waals surface area contributed by atoms with Gasteiger partial charge in [-0.2, -0.15) is 0 Å². The molecule has 2 aliphatic heterocycles. The molecule has 0 bridgehead atoms. The minimum atomic E-state index is -0.509. The maximum absolute atomic E-state index is 13.0. The molecule has 0 saturated carbocycles. The van der Waals surface area contributed by atoms with Crippen LogP contribution in [-0.2, 0) is 14.3 Å². The maximum atomic E-state index is 13.0. The van der Waals surface area contributed by atoms with Crippen LogP contribution in [-0.4, -0.2) is 98.1 Å². The van der Waals surface area contributed by atoms with Gasteiger partial charge >= 0.3 is 11.8 Å². The zero-order valence-corrected chi connectivity index (χ0v) is 18.3. The van der Waals surface area contributed by atoms with E-state index in [4.69, 9.17) is 14.2 Å². The van der Waals surface area contributed by atoms with Gasteiger partial charge in [-0.25, -0.2) is 0 Å². The number of carbonyl (C=O) groups is 3. The largest absolute Gasteiger partial charge is 0.490 e. The van der Waals surface area contributed by atoms with Crippen molar-refractivity contribution < 1.29 is 28.6 Å². The summed E-state index contributed by atoms with van der Waals surface area (Å²) in [5.74, 6) is 0.0377. The van der Waals surface area contributed by atoms with Crippen molar-refractivity contribution in [3.05, 3.63) is 23.8 Å². The zero-order valence-electron chi connectivity index (χ0n) is 18.3. The number of morpholine rings is 1. The monoisotopic (exact) mass is 433 g/mol. The van der Waals surface area contributed by atoms with Gasteiger partial charge in [0, 0.05) is 44.8 Å². The fourth-order valence-corrected chi connectivity index (χ4v) is 3.57. The van der Waals surface area contributed by atoms with E-state index in [1.165, 1.54) is 9.80 Å². The van der Waals surface area contributed by atoms with E-state index in [1.54, 1.807) is 23.1 Å². The minimum Gasteiger partial charge on any atom is -0.490 e. The molecule has 0 aliphatic carbocycles. The van der Waals surface area contributed by atoms with Gasteiger partial charge in [0.2, 0.25) is 0 Å². The first-order valence-corrected chi connectivity index (χ1v) is 10.9. The predicted molar refractivity (Wildman–Crippen MR) is 113 cm³/mol. The van der Waals surface area contributed by atoms with Crippen LogP contribution in [0.3, 0.4) is 0 Å². The molecule has 1 aromatic rings. The molecule has 0 spiro atoms. The summed E-state index contributed by atoms with van der Waals surface area (Å²) in [6.45, 7) is 8.13. The van der Waals surface area contributed by atoms with Crippen molar-refractivity contribution in [3.8, 4) is 11.5 Å². The first kappa shape index (κ1) is 22.9. The number of piperazine rings is 1. The molecule has 3 rings (SSSR count). The topological polar surface area (TPSA) is 88.6 Å². The van der Waals surface area contributed by atoms with Gasteiger partial charge in [0.05, 0.1) is 26.4 Å². The number of benzene rings is 1. The Morgan fingerprint density at radius 2 is 1.45 bits per heavy atom.